The lowest BCUT2D eigenvalue weighted by molar-refractivity contribution is 0.341. The summed E-state index contributed by atoms with van der Waals surface area (Å²) < 4.78 is 5.67. The van der Waals surface area contributed by atoms with Crippen molar-refractivity contribution in [2.45, 2.75) is 34.2 Å². The van der Waals surface area contributed by atoms with E-state index in [4.69, 9.17) is 4.74 Å². The van der Waals surface area contributed by atoms with Crippen LogP contribution in [0.5, 0.6) is 5.75 Å². The van der Waals surface area contributed by atoms with Gasteiger partial charge in [0, 0.05) is 23.5 Å². The zero-order valence-corrected chi connectivity index (χ0v) is 13.2. The highest BCUT2D eigenvalue weighted by atomic mass is 16.5. The van der Waals surface area contributed by atoms with E-state index in [9.17, 15) is 0 Å². The zero-order valence-electron chi connectivity index (χ0n) is 13.2. The molecular weight excluding hydrogens is 262 g/mol. The molecule has 1 heterocycles. The fourth-order valence-corrected chi connectivity index (χ4v) is 2.30. The Morgan fingerprint density at radius 3 is 2.33 bits per heavy atom. The number of nitrogens with zero attached hydrogens (tertiary/aromatic N) is 2. The third kappa shape index (κ3) is 3.58. The largest absolute Gasteiger partial charge is 0.493 e. The van der Waals surface area contributed by atoms with E-state index in [0.29, 0.717) is 6.61 Å². The summed E-state index contributed by atoms with van der Waals surface area (Å²) in [5, 5.41) is 3.33. The number of nitrogens with one attached hydrogen (secondary N) is 1. The molecule has 4 nitrogen and oxygen atoms in total. The molecule has 0 aliphatic rings. The van der Waals surface area contributed by atoms with Gasteiger partial charge in [-0.1, -0.05) is 19.1 Å². The van der Waals surface area contributed by atoms with Crippen molar-refractivity contribution >= 4 is 0 Å². The molecular formula is C17H23N3O. The van der Waals surface area contributed by atoms with Crippen molar-refractivity contribution in [2.75, 3.05) is 13.2 Å². The molecule has 1 aromatic heterocycles. The third-order valence-corrected chi connectivity index (χ3v) is 3.40. The normalized spacial score (nSPS) is 10.7. The topological polar surface area (TPSA) is 47.0 Å². The lowest BCUT2D eigenvalue weighted by Crippen LogP contribution is -2.15. The van der Waals surface area contributed by atoms with Crippen molar-refractivity contribution in [1.82, 2.24) is 15.3 Å². The second-order valence-corrected chi connectivity index (χ2v) is 4.91. The van der Waals surface area contributed by atoms with Crippen molar-refractivity contribution in [2.24, 2.45) is 0 Å². The molecule has 0 amide bonds. The Labute approximate surface area is 126 Å². The smallest absolute Gasteiger partial charge is 0.163 e. The summed E-state index contributed by atoms with van der Waals surface area (Å²) in [5.74, 6) is 1.56. The van der Waals surface area contributed by atoms with Crippen LogP contribution in [0.4, 0.5) is 0 Å². The maximum Gasteiger partial charge on any atom is 0.163 e. The van der Waals surface area contributed by atoms with Gasteiger partial charge in [0.2, 0.25) is 0 Å². The molecule has 0 bridgehead atoms. The molecule has 21 heavy (non-hydrogen) atoms. The molecule has 0 unspecified atom stereocenters. The van der Waals surface area contributed by atoms with Crippen LogP contribution in [0.15, 0.2) is 24.3 Å². The van der Waals surface area contributed by atoms with Gasteiger partial charge in [-0.25, -0.2) is 9.97 Å². The van der Waals surface area contributed by atoms with Gasteiger partial charge in [-0.3, -0.25) is 0 Å². The predicted octanol–water partition coefficient (Wildman–Crippen LogP) is 3.27. The number of ether oxygens (including phenoxy) is 1. The van der Waals surface area contributed by atoms with E-state index in [-0.39, 0.29) is 0 Å². The molecule has 112 valence electrons. The molecule has 4 heteroatoms. The van der Waals surface area contributed by atoms with E-state index in [1.807, 2.05) is 45.0 Å². The first-order valence-corrected chi connectivity index (χ1v) is 7.44. The van der Waals surface area contributed by atoms with Crippen molar-refractivity contribution in [3.63, 3.8) is 0 Å². The Kier molecular flexibility index (Phi) is 5.28. The fourth-order valence-electron chi connectivity index (χ4n) is 2.30. The number of hydrogen-bond donors (Lipinski definition) is 1. The average molecular weight is 285 g/mol. The number of rotatable bonds is 6. The first kappa shape index (κ1) is 15.4. The van der Waals surface area contributed by atoms with E-state index < -0.39 is 0 Å². The van der Waals surface area contributed by atoms with Gasteiger partial charge < -0.3 is 10.1 Å². The highest BCUT2D eigenvalue weighted by molar-refractivity contribution is 5.64. The number of benzene rings is 1. The molecule has 2 rings (SSSR count). The van der Waals surface area contributed by atoms with Crippen molar-refractivity contribution in [3.05, 3.63) is 41.2 Å². The molecule has 2 aromatic rings. The van der Waals surface area contributed by atoms with Crippen LogP contribution in [0.3, 0.4) is 0 Å². The van der Waals surface area contributed by atoms with Crippen LogP contribution < -0.4 is 10.1 Å². The minimum absolute atomic E-state index is 0.632. The summed E-state index contributed by atoms with van der Waals surface area (Å²) in [6.07, 6.45) is 0. The van der Waals surface area contributed by atoms with E-state index in [0.717, 1.165) is 41.6 Å². The van der Waals surface area contributed by atoms with Gasteiger partial charge in [-0.15, -0.1) is 0 Å². The van der Waals surface area contributed by atoms with Gasteiger partial charge in [0.15, 0.2) is 5.82 Å². The first-order valence-electron chi connectivity index (χ1n) is 7.44. The standard InChI is InChI=1S/C17H23N3O/c1-5-18-11-15-12(3)19-17(20-13(15)4)14-9-7-8-10-16(14)21-6-2/h7-10,18H,5-6,11H2,1-4H3. The molecule has 1 N–H and O–H groups in total. The summed E-state index contributed by atoms with van der Waals surface area (Å²) in [5.41, 5.74) is 4.16. The second-order valence-electron chi connectivity index (χ2n) is 4.91. The van der Waals surface area contributed by atoms with Gasteiger partial charge in [0.25, 0.3) is 0 Å². The van der Waals surface area contributed by atoms with Crippen molar-refractivity contribution in [1.29, 1.82) is 0 Å². The molecule has 0 saturated carbocycles. The van der Waals surface area contributed by atoms with Gasteiger partial charge in [0.1, 0.15) is 5.75 Å². The fraction of sp³-hybridized carbons (Fsp3) is 0.412. The third-order valence-electron chi connectivity index (χ3n) is 3.40. The Hall–Kier alpha value is -1.94. The van der Waals surface area contributed by atoms with Gasteiger partial charge >= 0.3 is 0 Å². The van der Waals surface area contributed by atoms with Crippen molar-refractivity contribution < 1.29 is 4.74 Å². The molecule has 0 saturated heterocycles. The molecule has 0 spiro atoms. The SMILES string of the molecule is CCNCc1c(C)nc(-c2ccccc2OCC)nc1C. The first-order chi connectivity index (χ1) is 10.2. The van der Waals surface area contributed by atoms with Gasteiger partial charge in [-0.2, -0.15) is 0 Å². The Bertz CT molecular complexity index is 588. The molecule has 0 aliphatic carbocycles. The quantitative estimate of drug-likeness (QED) is 0.885. The predicted molar refractivity (Wildman–Crippen MR) is 85.5 cm³/mol. The molecule has 0 fully saturated rings. The minimum Gasteiger partial charge on any atom is -0.493 e. The minimum atomic E-state index is 0.632. The Morgan fingerprint density at radius 1 is 1.05 bits per heavy atom. The summed E-state index contributed by atoms with van der Waals surface area (Å²) in [4.78, 5) is 9.34. The highest BCUT2D eigenvalue weighted by Gasteiger charge is 2.12. The molecule has 0 atom stereocenters. The summed E-state index contributed by atoms with van der Waals surface area (Å²) in [6.45, 7) is 10.5. The number of aromatic nitrogens is 2. The van der Waals surface area contributed by atoms with Gasteiger partial charge in [-0.05, 0) is 39.4 Å². The number of hydrogen-bond acceptors (Lipinski definition) is 4. The van der Waals surface area contributed by atoms with Crippen molar-refractivity contribution in [3.8, 4) is 17.1 Å². The van der Waals surface area contributed by atoms with Crippen LogP contribution in [0, 0.1) is 13.8 Å². The Morgan fingerprint density at radius 2 is 1.71 bits per heavy atom. The number of para-hydroxylation sites is 1. The monoisotopic (exact) mass is 285 g/mol. The average Bonchev–Trinajstić information content (AvgIpc) is 2.47. The van der Waals surface area contributed by atoms with Crippen LogP contribution in [0.2, 0.25) is 0 Å². The number of aryl methyl sites for hydroxylation is 2. The van der Waals surface area contributed by atoms with Crippen LogP contribution in [0.1, 0.15) is 30.8 Å². The van der Waals surface area contributed by atoms with E-state index >= 15 is 0 Å². The van der Waals surface area contributed by atoms with E-state index in [2.05, 4.69) is 22.2 Å². The lowest BCUT2D eigenvalue weighted by atomic mass is 10.1. The van der Waals surface area contributed by atoms with E-state index in [1.165, 1.54) is 5.56 Å². The van der Waals surface area contributed by atoms with Gasteiger partial charge in [0.05, 0.1) is 12.2 Å². The van der Waals surface area contributed by atoms with Crippen LogP contribution >= 0.6 is 0 Å². The second kappa shape index (κ2) is 7.18. The lowest BCUT2D eigenvalue weighted by Gasteiger charge is -2.13. The van der Waals surface area contributed by atoms with E-state index in [1.54, 1.807) is 0 Å². The maximum absolute atomic E-state index is 5.67. The molecule has 0 radical (unpaired) electrons. The summed E-state index contributed by atoms with van der Waals surface area (Å²) in [6, 6.07) is 7.91. The molecule has 1 aromatic carbocycles. The van der Waals surface area contributed by atoms with Crippen LogP contribution in [-0.2, 0) is 6.54 Å². The Balaban J connectivity index is 2.42. The van der Waals surface area contributed by atoms with Crippen LogP contribution in [-0.4, -0.2) is 23.1 Å². The summed E-state index contributed by atoms with van der Waals surface area (Å²) >= 11 is 0. The molecule has 0 aliphatic heterocycles. The highest BCUT2D eigenvalue weighted by Crippen LogP contribution is 2.28. The van der Waals surface area contributed by atoms with Crippen LogP contribution in [0.25, 0.3) is 11.4 Å². The maximum atomic E-state index is 5.67. The summed E-state index contributed by atoms with van der Waals surface area (Å²) in [7, 11) is 0. The zero-order chi connectivity index (χ0) is 15.2.